The van der Waals surface area contributed by atoms with E-state index in [2.05, 4.69) is 15.6 Å². The minimum Gasteiger partial charge on any atom is -0.480 e. The summed E-state index contributed by atoms with van der Waals surface area (Å²) in [5.74, 6) is -2.74. The van der Waals surface area contributed by atoms with Crippen LogP contribution in [0.25, 0.3) is 0 Å². The lowest BCUT2D eigenvalue weighted by Gasteiger charge is -2.24. The first-order valence-corrected chi connectivity index (χ1v) is 9.12. The third kappa shape index (κ3) is 10.6. The number of carbonyl (C=O) groups excluding carboxylic acids is 2. The summed E-state index contributed by atoms with van der Waals surface area (Å²) in [7, 11) is 0. The average Bonchev–Trinajstić information content (AvgIpc) is 2.61. The quantitative estimate of drug-likeness (QED) is 0.0833. The molecule has 162 valence electrons. The molecule has 0 saturated heterocycles. The van der Waals surface area contributed by atoms with Crippen LogP contribution in [0.3, 0.4) is 0 Å². The molecular weight excluding hydrogens is 370 g/mol. The molecule has 0 aromatic rings. The second kappa shape index (κ2) is 13.7. The number of amides is 2. The van der Waals surface area contributed by atoms with Gasteiger partial charge >= 0.3 is 5.97 Å². The highest BCUT2D eigenvalue weighted by atomic mass is 16.4. The van der Waals surface area contributed by atoms with Gasteiger partial charge in [0.1, 0.15) is 12.1 Å². The molecule has 0 unspecified atom stereocenters. The summed E-state index contributed by atoms with van der Waals surface area (Å²) in [6.07, 6.45) is 0.762. The normalized spacial score (nSPS) is 15.0. The van der Waals surface area contributed by atoms with E-state index in [1.807, 2.05) is 0 Å². The zero-order valence-corrected chi connectivity index (χ0v) is 16.1. The Morgan fingerprint density at radius 2 is 1.68 bits per heavy atom. The first-order chi connectivity index (χ1) is 13.1. The van der Waals surface area contributed by atoms with E-state index in [0.29, 0.717) is 32.4 Å². The lowest BCUT2D eigenvalue weighted by atomic mass is 10.1. The summed E-state index contributed by atoms with van der Waals surface area (Å²) in [5, 5.41) is 23.7. The van der Waals surface area contributed by atoms with Gasteiger partial charge in [-0.15, -0.1) is 0 Å². The van der Waals surface area contributed by atoms with Crippen LogP contribution in [0.1, 0.15) is 39.0 Å². The van der Waals surface area contributed by atoms with Crippen LogP contribution in [-0.4, -0.2) is 71.3 Å². The van der Waals surface area contributed by atoms with Crippen LogP contribution in [-0.2, 0) is 14.4 Å². The number of rotatable bonds is 14. The van der Waals surface area contributed by atoms with Crippen molar-refractivity contribution in [1.82, 2.24) is 10.6 Å². The second-order valence-electron chi connectivity index (χ2n) is 6.47. The third-order valence-electron chi connectivity index (χ3n) is 3.93. The number of aliphatic hydroxyl groups excluding tert-OH is 1. The number of hydrogen-bond donors (Lipinski definition) is 8. The van der Waals surface area contributed by atoms with Crippen LogP contribution in [0.4, 0.5) is 0 Å². The van der Waals surface area contributed by atoms with Crippen LogP contribution >= 0.6 is 0 Å². The van der Waals surface area contributed by atoms with E-state index in [4.69, 9.17) is 22.9 Å². The van der Waals surface area contributed by atoms with E-state index in [9.17, 15) is 24.6 Å². The lowest BCUT2D eigenvalue weighted by molar-refractivity contribution is -0.143. The van der Waals surface area contributed by atoms with E-state index < -0.39 is 42.0 Å². The molecule has 0 bridgehead atoms. The molecule has 0 heterocycles. The number of aliphatic hydroxyl groups is 1. The van der Waals surface area contributed by atoms with E-state index in [0.717, 1.165) is 0 Å². The number of unbranched alkanes of at least 4 members (excludes halogenated alkanes) is 1. The van der Waals surface area contributed by atoms with Crippen LogP contribution in [0.15, 0.2) is 4.99 Å². The maximum Gasteiger partial charge on any atom is 0.326 e. The van der Waals surface area contributed by atoms with Crippen molar-refractivity contribution in [3.05, 3.63) is 0 Å². The van der Waals surface area contributed by atoms with Crippen molar-refractivity contribution in [2.45, 2.75) is 63.3 Å². The standard InChI is InChI=1S/C16H33N7O5/c1-9(24)12(14(26)22-11(15(27)28)6-2-3-7-17)23-13(25)10(18)5-4-8-21-16(19)20/h9-12,24H,2-8,17-18H2,1H3,(H,22,26)(H,23,25)(H,27,28)(H4,19,20,21)/t9-,10+,11+,12+/m1/s1. The number of aliphatic carboxylic acids is 1. The fraction of sp³-hybridized carbons (Fsp3) is 0.750. The number of aliphatic imine (C=N–C) groups is 1. The highest BCUT2D eigenvalue weighted by Crippen LogP contribution is 2.04. The molecule has 28 heavy (non-hydrogen) atoms. The summed E-state index contributed by atoms with van der Waals surface area (Å²) < 4.78 is 0. The molecule has 4 atom stereocenters. The Bertz CT molecular complexity index is 537. The molecule has 0 aliphatic heterocycles. The molecule has 0 saturated carbocycles. The highest BCUT2D eigenvalue weighted by molar-refractivity contribution is 5.92. The molecule has 12 heteroatoms. The molecule has 2 amide bonds. The molecular formula is C16H33N7O5. The van der Waals surface area contributed by atoms with Crippen molar-refractivity contribution >= 4 is 23.7 Å². The van der Waals surface area contributed by atoms with Gasteiger partial charge in [0.25, 0.3) is 0 Å². The Balaban J connectivity index is 4.76. The van der Waals surface area contributed by atoms with Crippen molar-refractivity contribution < 1.29 is 24.6 Å². The molecule has 0 aromatic heterocycles. The molecule has 0 radical (unpaired) electrons. The first kappa shape index (κ1) is 25.6. The number of nitrogens with two attached hydrogens (primary N) is 4. The number of guanidine groups is 1. The van der Waals surface area contributed by atoms with Crippen molar-refractivity contribution in [2.24, 2.45) is 27.9 Å². The van der Waals surface area contributed by atoms with Crippen LogP contribution in [0.5, 0.6) is 0 Å². The topological polar surface area (TPSA) is 232 Å². The van der Waals surface area contributed by atoms with Gasteiger partial charge in [0.05, 0.1) is 12.1 Å². The third-order valence-corrected chi connectivity index (χ3v) is 3.93. The van der Waals surface area contributed by atoms with Crippen LogP contribution < -0.4 is 33.6 Å². The van der Waals surface area contributed by atoms with Gasteiger partial charge in [0, 0.05) is 6.54 Å². The molecule has 0 spiro atoms. The van der Waals surface area contributed by atoms with E-state index in [1.165, 1.54) is 6.92 Å². The number of nitrogens with one attached hydrogen (secondary N) is 2. The van der Waals surface area contributed by atoms with Gasteiger partial charge < -0.3 is 43.8 Å². The number of nitrogens with zero attached hydrogens (tertiary/aromatic N) is 1. The zero-order valence-electron chi connectivity index (χ0n) is 16.1. The fourth-order valence-electron chi connectivity index (χ4n) is 2.33. The number of carbonyl (C=O) groups is 3. The average molecular weight is 403 g/mol. The Morgan fingerprint density at radius 1 is 1.04 bits per heavy atom. The Hall–Kier alpha value is -2.44. The number of hydrogen-bond acceptors (Lipinski definition) is 7. The van der Waals surface area contributed by atoms with Crippen molar-refractivity contribution in [2.75, 3.05) is 13.1 Å². The van der Waals surface area contributed by atoms with Gasteiger partial charge in [-0.25, -0.2) is 4.79 Å². The van der Waals surface area contributed by atoms with E-state index in [-0.39, 0.29) is 18.8 Å². The summed E-state index contributed by atoms with van der Waals surface area (Å²) in [6.45, 7) is 2.01. The Kier molecular flexibility index (Phi) is 12.5. The largest absolute Gasteiger partial charge is 0.480 e. The molecule has 0 aromatic carbocycles. The van der Waals surface area contributed by atoms with Gasteiger partial charge in [-0.3, -0.25) is 14.6 Å². The molecule has 12 nitrogen and oxygen atoms in total. The van der Waals surface area contributed by atoms with Crippen molar-refractivity contribution in [1.29, 1.82) is 0 Å². The van der Waals surface area contributed by atoms with Gasteiger partial charge in [0.2, 0.25) is 11.8 Å². The Morgan fingerprint density at radius 3 is 2.18 bits per heavy atom. The van der Waals surface area contributed by atoms with Gasteiger partial charge in [-0.1, -0.05) is 0 Å². The lowest BCUT2D eigenvalue weighted by Crippen LogP contribution is -2.58. The first-order valence-electron chi connectivity index (χ1n) is 9.12. The van der Waals surface area contributed by atoms with E-state index >= 15 is 0 Å². The van der Waals surface area contributed by atoms with Gasteiger partial charge in [0.15, 0.2) is 5.96 Å². The second-order valence-corrected chi connectivity index (χ2v) is 6.47. The van der Waals surface area contributed by atoms with Gasteiger partial charge in [-0.05, 0) is 45.6 Å². The predicted molar refractivity (Wildman–Crippen MR) is 104 cm³/mol. The number of carboxylic acids is 1. The van der Waals surface area contributed by atoms with Crippen LogP contribution in [0.2, 0.25) is 0 Å². The minimum absolute atomic E-state index is 0.0664. The molecule has 0 aliphatic rings. The smallest absolute Gasteiger partial charge is 0.326 e. The maximum absolute atomic E-state index is 12.4. The highest BCUT2D eigenvalue weighted by Gasteiger charge is 2.30. The van der Waals surface area contributed by atoms with Crippen molar-refractivity contribution in [3.8, 4) is 0 Å². The van der Waals surface area contributed by atoms with Crippen molar-refractivity contribution in [3.63, 3.8) is 0 Å². The van der Waals surface area contributed by atoms with Crippen LogP contribution in [0, 0.1) is 0 Å². The fourth-order valence-corrected chi connectivity index (χ4v) is 2.33. The summed E-state index contributed by atoms with van der Waals surface area (Å²) in [5.41, 5.74) is 21.5. The number of carboxylic acid groups (broad SMARTS) is 1. The van der Waals surface area contributed by atoms with Gasteiger partial charge in [-0.2, -0.15) is 0 Å². The summed E-state index contributed by atoms with van der Waals surface area (Å²) >= 11 is 0. The molecule has 0 rings (SSSR count). The zero-order chi connectivity index (χ0) is 21.7. The predicted octanol–water partition coefficient (Wildman–Crippen LogP) is -3.07. The Labute approximate surface area is 164 Å². The van der Waals surface area contributed by atoms with E-state index in [1.54, 1.807) is 0 Å². The molecule has 0 aliphatic carbocycles. The molecule has 12 N–H and O–H groups in total. The summed E-state index contributed by atoms with van der Waals surface area (Å²) in [6, 6.07) is -3.43. The summed E-state index contributed by atoms with van der Waals surface area (Å²) in [4.78, 5) is 39.6. The maximum atomic E-state index is 12.4. The minimum atomic E-state index is -1.34. The SMILES string of the molecule is C[C@@H](O)[C@H](NC(=O)[C@@H](N)CCCN=C(N)N)C(=O)N[C@@H](CCCCN)C(=O)O. The molecule has 0 fully saturated rings. The monoisotopic (exact) mass is 403 g/mol.